The van der Waals surface area contributed by atoms with E-state index in [9.17, 15) is 0 Å². The van der Waals surface area contributed by atoms with Gasteiger partial charge < -0.3 is 4.90 Å². The van der Waals surface area contributed by atoms with Gasteiger partial charge >= 0.3 is 0 Å². The van der Waals surface area contributed by atoms with Crippen molar-refractivity contribution in [1.82, 2.24) is 19.7 Å². The molecular formula is C14H17ClN4. The van der Waals surface area contributed by atoms with Crippen LogP contribution in [0, 0.1) is 0 Å². The molecule has 1 aromatic heterocycles. The molecule has 0 spiro atoms. The van der Waals surface area contributed by atoms with Crippen molar-refractivity contribution < 1.29 is 0 Å². The molecule has 4 nitrogen and oxygen atoms in total. The van der Waals surface area contributed by atoms with Crippen LogP contribution in [0.3, 0.4) is 0 Å². The maximum Gasteiger partial charge on any atom is 0.137 e. The second-order valence-corrected chi connectivity index (χ2v) is 5.37. The van der Waals surface area contributed by atoms with E-state index in [0.717, 1.165) is 31.2 Å². The van der Waals surface area contributed by atoms with Crippen LogP contribution in [-0.2, 0) is 6.54 Å². The highest BCUT2D eigenvalue weighted by molar-refractivity contribution is 6.31. The Balaban J connectivity index is 1.57. The maximum atomic E-state index is 6.27. The molecule has 0 N–H and O–H groups in total. The zero-order valence-electron chi connectivity index (χ0n) is 10.7. The van der Waals surface area contributed by atoms with E-state index in [1.54, 1.807) is 12.7 Å². The number of rotatable bonds is 4. The molecular weight excluding hydrogens is 260 g/mol. The van der Waals surface area contributed by atoms with Gasteiger partial charge in [0.15, 0.2) is 0 Å². The summed E-state index contributed by atoms with van der Waals surface area (Å²) in [4.78, 5) is 6.43. The molecule has 5 heteroatoms. The maximum absolute atomic E-state index is 6.27. The van der Waals surface area contributed by atoms with Crippen molar-refractivity contribution in [2.45, 2.75) is 18.9 Å². The topological polar surface area (TPSA) is 34.0 Å². The standard InChI is InChI=1S/C14H17ClN4/c15-14-4-2-1-3-13(14)12-5-6-18(9-12)7-8-19-11-16-10-17-19/h1-4,10-12H,5-9H2/t12-/m1/s1. The molecule has 0 bridgehead atoms. The quantitative estimate of drug-likeness (QED) is 0.860. The second kappa shape index (κ2) is 5.72. The molecule has 1 saturated heterocycles. The molecule has 1 atom stereocenters. The van der Waals surface area contributed by atoms with Crippen molar-refractivity contribution >= 4 is 11.6 Å². The highest BCUT2D eigenvalue weighted by Crippen LogP contribution is 2.31. The number of nitrogens with zero attached hydrogens (tertiary/aromatic N) is 4. The van der Waals surface area contributed by atoms with Crippen LogP contribution in [0.2, 0.25) is 5.02 Å². The zero-order valence-corrected chi connectivity index (χ0v) is 11.5. The van der Waals surface area contributed by atoms with Gasteiger partial charge in [-0.2, -0.15) is 5.10 Å². The van der Waals surface area contributed by atoms with E-state index in [4.69, 9.17) is 11.6 Å². The molecule has 1 aliphatic heterocycles. The Hall–Kier alpha value is -1.39. The van der Waals surface area contributed by atoms with Gasteiger partial charge in [-0.05, 0) is 30.5 Å². The Labute approximate surface area is 118 Å². The highest BCUT2D eigenvalue weighted by Gasteiger charge is 2.24. The molecule has 1 aliphatic rings. The van der Waals surface area contributed by atoms with Crippen LogP contribution in [0.5, 0.6) is 0 Å². The van der Waals surface area contributed by atoms with Gasteiger partial charge in [-0.3, -0.25) is 4.68 Å². The van der Waals surface area contributed by atoms with Crippen LogP contribution in [0.1, 0.15) is 17.9 Å². The predicted octanol–water partition coefficient (Wildman–Crippen LogP) is 2.42. The molecule has 1 aromatic carbocycles. The molecule has 19 heavy (non-hydrogen) atoms. The fourth-order valence-corrected chi connectivity index (χ4v) is 2.98. The van der Waals surface area contributed by atoms with E-state index in [0.29, 0.717) is 5.92 Å². The number of benzene rings is 1. The van der Waals surface area contributed by atoms with Crippen LogP contribution in [0.15, 0.2) is 36.9 Å². The molecule has 1 fully saturated rings. The van der Waals surface area contributed by atoms with E-state index in [2.05, 4.69) is 27.1 Å². The Morgan fingerprint density at radius 3 is 2.95 bits per heavy atom. The smallest absolute Gasteiger partial charge is 0.137 e. The van der Waals surface area contributed by atoms with Crippen LogP contribution in [0.25, 0.3) is 0 Å². The van der Waals surface area contributed by atoms with E-state index in [-0.39, 0.29) is 0 Å². The Bertz CT molecular complexity index is 526. The van der Waals surface area contributed by atoms with E-state index in [1.807, 2.05) is 16.8 Å². The molecule has 0 unspecified atom stereocenters. The summed E-state index contributed by atoms with van der Waals surface area (Å²) in [5.41, 5.74) is 1.28. The summed E-state index contributed by atoms with van der Waals surface area (Å²) in [5.74, 6) is 0.560. The Morgan fingerprint density at radius 2 is 2.16 bits per heavy atom. The third kappa shape index (κ3) is 2.96. The van der Waals surface area contributed by atoms with Gasteiger partial charge in [0.2, 0.25) is 0 Å². The first kappa shape index (κ1) is 12.6. The molecule has 2 heterocycles. The minimum Gasteiger partial charge on any atom is -0.301 e. The Morgan fingerprint density at radius 1 is 1.26 bits per heavy atom. The van der Waals surface area contributed by atoms with E-state index >= 15 is 0 Å². The largest absolute Gasteiger partial charge is 0.301 e. The molecule has 0 saturated carbocycles. The van der Waals surface area contributed by atoms with Crippen molar-refractivity contribution in [3.8, 4) is 0 Å². The highest BCUT2D eigenvalue weighted by atomic mass is 35.5. The fraction of sp³-hybridized carbons (Fsp3) is 0.429. The SMILES string of the molecule is Clc1ccccc1[C@@H]1CCN(CCn2cncn2)C1. The summed E-state index contributed by atoms with van der Waals surface area (Å²) in [6, 6.07) is 8.19. The van der Waals surface area contributed by atoms with Crippen LogP contribution in [-0.4, -0.2) is 39.3 Å². The third-order valence-corrected chi connectivity index (χ3v) is 4.07. The van der Waals surface area contributed by atoms with Gasteiger partial charge in [0.05, 0.1) is 6.54 Å². The number of halogens is 1. The monoisotopic (exact) mass is 276 g/mol. The summed E-state index contributed by atoms with van der Waals surface area (Å²) in [7, 11) is 0. The normalized spacial score (nSPS) is 19.9. The first-order chi connectivity index (χ1) is 9.33. The summed E-state index contributed by atoms with van der Waals surface area (Å²) < 4.78 is 1.88. The molecule has 100 valence electrons. The van der Waals surface area contributed by atoms with Crippen LogP contribution in [0.4, 0.5) is 0 Å². The van der Waals surface area contributed by atoms with Crippen molar-refractivity contribution in [1.29, 1.82) is 0 Å². The van der Waals surface area contributed by atoms with Gasteiger partial charge in [-0.15, -0.1) is 0 Å². The van der Waals surface area contributed by atoms with Gasteiger partial charge in [-0.25, -0.2) is 4.98 Å². The average Bonchev–Trinajstić information content (AvgIpc) is 3.08. The van der Waals surface area contributed by atoms with E-state index in [1.165, 1.54) is 12.0 Å². The third-order valence-electron chi connectivity index (χ3n) is 3.73. The zero-order chi connectivity index (χ0) is 13.1. The fourth-order valence-electron chi connectivity index (χ4n) is 2.69. The number of hydrogen-bond donors (Lipinski definition) is 0. The Kier molecular flexibility index (Phi) is 3.80. The molecule has 0 amide bonds. The lowest BCUT2D eigenvalue weighted by Gasteiger charge is -2.16. The van der Waals surface area contributed by atoms with Gasteiger partial charge in [0.25, 0.3) is 0 Å². The summed E-state index contributed by atoms with van der Waals surface area (Å²) >= 11 is 6.27. The molecule has 2 aromatic rings. The minimum atomic E-state index is 0.560. The number of likely N-dealkylation sites (tertiary alicyclic amines) is 1. The number of hydrogen-bond acceptors (Lipinski definition) is 3. The van der Waals surface area contributed by atoms with Gasteiger partial charge in [0, 0.05) is 18.1 Å². The van der Waals surface area contributed by atoms with Crippen molar-refractivity contribution in [3.05, 3.63) is 47.5 Å². The van der Waals surface area contributed by atoms with Crippen LogP contribution >= 0.6 is 11.6 Å². The number of aromatic nitrogens is 3. The average molecular weight is 277 g/mol. The van der Waals surface area contributed by atoms with Crippen LogP contribution < -0.4 is 0 Å². The molecule has 0 aliphatic carbocycles. The molecule has 0 radical (unpaired) electrons. The first-order valence-corrected chi connectivity index (χ1v) is 7.00. The first-order valence-electron chi connectivity index (χ1n) is 6.62. The predicted molar refractivity (Wildman–Crippen MR) is 75.3 cm³/mol. The lowest BCUT2D eigenvalue weighted by molar-refractivity contribution is 0.312. The van der Waals surface area contributed by atoms with Gasteiger partial charge in [-0.1, -0.05) is 29.8 Å². The van der Waals surface area contributed by atoms with Crippen molar-refractivity contribution in [2.75, 3.05) is 19.6 Å². The van der Waals surface area contributed by atoms with Crippen molar-refractivity contribution in [3.63, 3.8) is 0 Å². The minimum absolute atomic E-state index is 0.560. The summed E-state index contributed by atoms with van der Waals surface area (Å²) in [6.07, 6.45) is 4.53. The lowest BCUT2D eigenvalue weighted by atomic mass is 9.98. The van der Waals surface area contributed by atoms with Gasteiger partial charge in [0.1, 0.15) is 12.7 Å². The lowest BCUT2D eigenvalue weighted by Crippen LogP contribution is -2.25. The summed E-state index contributed by atoms with van der Waals surface area (Å²) in [6.45, 7) is 4.13. The van der Waals surface area contributed by atoms with E-state index < -0.39 is 0 Å². The summed E-state index contributed by atoms with van der Waals surface area (Å²) in [5, 5.41) is 5.02. The van der Waals surface area contributed by atoms with Crippen molar-refractivity contribution in [2.24, 2.45) is 0 Å². The second-order valence-electron chi connectivity index (χ2n) is 4.97. The molecule has 3 rings (SSSR count).